The monoisotopic (exact) mass is 398 g/mol. The molecule has 9 heteroatoms. The van der Waals surface area contributed by atoms with E-state index in [2.05, 4.69) is 4.72 Å². The maximum Gasteiger partial charge on any atom is 0.409 e. The normalized spacial score (nSPS) is 16.7. The number of hydrogen-bond donors (Lipinski definition) is 2. The molecular formula is C18H26N2O6S. The molecule has 1 aliphatic heterocycles. The van der Waals surface area contributed by atoms with Gasteiger partial charge in [0.2, 0.25) is 10.0 Å². The fraction of sp³-hybridized carbons (Fsp3) is 0.556. The molecule has 1 heterocycles. The van der Waals surface area contributed by atoms with E-state index in [4.69, 9.17) is 4.74 Å². The zero-order chi connectivity index (χ0) is 19.9. The molecule has 2 N–H and O–H groups in total. The summed E-state index contributed by atoms with van der Waals surface area (Å²) in [5.74, 6) is -1.18. The van der Waals surface area contributed by atoms with Crippen LogP contribution in [0.15, 0.2) is 30.3 Å². The first-order chi connectivity index (χ1) is 12.8. The zero-order valence-corrected chi connectivity index (χ0v) is 16.2. The Hall–Kier alpha value is -2.13. The molecular weight excluding hydrogens is 372 g/mol. The molecule has 1 atom stereocenters. The maximum atomic E-state index is 12.3. The van der Waals surface area contributed by atoms with Crippen molar-refractivity contribution in [3.63, 3.8) is 0 Å². The maximum absolute atomic E-state index is 12.3. The van der Waals surface area contributed by atoms with Crippen LogP contribution in [0.4, 0.5) is 4.79 Å². The molecule has 2 rings (SSSR count). The lowest BCUT2D eigenvalue weighted by atomic mass is 9.91. The van der Waals surface area contributed by atoms with Crippen molar-refractivity contribution in [3.05, 3.63) is 35.9 Å². The van der Waals surface area contributed by atoms with Gasteiger partial charge in [-0.05, 0) is 37.2 Å². The number of hydrogen-bond acceptors (Lipinski definition) is 5. The van der Waals surface area contributed by atoms with Crippen molar-refractivity contribution in [1.82, 2.24) is 9.62 Å². The van der Waals surface area contributed by atoms with E-state index < -0.39 is 22.0 Å². The first kappa shape index (κ1) is 21.2. The molecule has 8 nitrogen and oxygen atoms in total. The van der Waals surface area contributed by atoms with Gasteiger partial charge >= 0.3 is 12.1 Å². The molecule has 1 aromatic rings. The first-order valence-electron chi connectivity index (χ1n) is 8.90. The number of carbonyl (C=O) groups excluding carboxylic acids is 1. The second-order valence-corrected chi connectivity index (χ2v) is 8.49. The van der Waals surface area contributed by atoms with Crippen molar-refractivity contribution >= 4 is 22.1 Å². The highest BCUT2D eigenvalue weighted by Crippen LogP contribution is 2.23. The van der Waals surface area contributed by atoms with E-state index in [0.717, 1.165) is 12.8 Å². The molecule has 1 amide bonds. The van der Waals surface area contributed by atoms with Gasteiger partial charge in [0.15, 0.2) is 0 Å². The molecule has 1 aliphatic rings. The lowest BCUT2D eigenvalue weighted by Gasteiger charge is -2.31. The van der Waals surface area contributed by atoms with Crippen molar-refractivity contribution < 1.29 is 27.9 Å². The minimum Gasteiger partial charge on any atom is -0.480 e. The van der Waals surface area contributed by atoms with Gasteiger partial charge in [-0.25, -0.2) is 17.9 Å². The predicted molar refractivity (Wildman–Crippen MR) is 99.6 cm³/mol. The Morgan fingerprint density at radius 2 is 1.89 bits per heavy atom. The molecule has 0 aliphatic carbocycles. The molecule has 27 heavy (non-hydrogen) atoms. The number of methoxy groups -OCH3 is 1. The van der Waals surface area contributed by atoms with E-state index in [1.807, 2.05) is 0 Å². The van der Waals surface area contributed by atoms with E-state index in [0.29, 0.717) is 25.1 Å². The molecule has 0 aromatic heterocycles. The van der Waals surface area contributed by atoms with Crippen LogP contribution in [0.5, 0.6) is 0 Å². The smallest absolute Gasteiger partial charge is 0.409 e. The van der Waals surface area contributed by atoms with E-state index in [9.17, 15) is 23.1 Å². The van der Waals surface area contributed by atoms with Gasteiger partial charge in [-0.2, -0.15) is 0 Å². The van der Waals surface area contributed by atoms with E-state index in [1.54, 1.807) is 35.2 Å². The zero-order valence-electron chi connectivity index (χ0n) is 15.3. The third kappa shape index (κ3) is 6.84. The van der Waals surface area contributed by atoms with Gasteiger partial charge in [0.05, 0.1) is 12.9 Å². The van der Waals surface area contributed by atoms with Crippen LogP contribution >= 0.6 is 0 Å². The molecule has 1 aromatic carbocycles. The minimum atomic E-state index is -3.76. The number of benzene rings is 1. The summed E-state index contributed by atoms with van der Waals surface area (Å²) in [6.45, 7) is 1.13. The standard InChI is InChI=1S/C18H26N2O6S/c1-26-18(23)20-11-9-14(10-12-20)7-8-16(17(21)22)19-27(24,25)13-15-5-3-2-4-6-15/h2-6,14,16,19H,7-13H2,1H3,(H,21,22)/t16-/m1/s1. The van der Waals surface area contributed by atoms with Gasteiger partial charge in [0.1, 0.15) is 6.04 Å². The Morgan fingerprint density at radius 3 is 2.44 bits per heavy atom. The second-order valence-electron chi connectivity index (χ2n) is 6.73. The van der Waals surface area contributed by atoms with Crippen LogP contribution in [0.25, 0.3) is 0 Å². The average molecular weight is 398 g/mol. The number of sulfonamides is 1. The Bertz CT molecular complexity index is 729. The van der Waals surface area contributed by atoms with Crippen molar-refractivity contribution in [1.29, 1.82) is 0 Å². The number of rotatable bonds is 8. The number of amides is 1. The Balaban J connectivity index is 1.85. The van der Waals surface area contributed by atoms with Crippen LogP contribution < -0.4 is 4.72 Å². The number of aliphatic carboxylic acids is 1. The lowest BCUT2D eigenvalue weighted by molar-refractivity contribution is -0.139. The summed E-state index contributed by atoms with van der Waals surface area (Å²) in [7, 11) is -2.41. The summed E-state index contributed by atoms with van der Waals surface area (Å²) in [6.07, 6.45) is 1.94. The van der Waals surface area contributed by atoms with Crippen LogP contribution in [-0.4, -0.2) is 56.7 Å². The first-order valence-corrected chi connectivity index (χ1v) is 10.6. The topological polar surface area (TPSA) is 113 Å². The summed E-state index contributed by atoms with van der Waals surface area (Å²) in [5, 5.41) is 9.38. The van der Waals surface area contributed by atoms with Gasteiger partial charge in [-0.3, -0.25) is 4.79 Å². The third-order valence-corrected chi connectivity index (χ3v) is 6.09. The molecule has 0 radical (unpaired) electrons. The van der Waals surface area contributed by atoms with Crippen LogP contribution in [0, 0.1) is 5.92 Å². The number of carboxylic acid groups (broad SMARTS) is 1. The molecule has 0 saturated carbocycles. The number of nitrogens with one attached hydrogen (secondary N) is 1. The van der Waals surface area contributed by atoms with E-state index in [-0.39, 0.29) is 24.2 Å². The lowest BCUT2D eigenvalue weighted by Crippen LogP contribution is -2.42. The Morgan fingerprint density at radius 1 is 1.26 bits per heavy atom. The van der Waals surface area contributed by atoms with Gasteiger partial charge in [-0.1, -0.05) is 30.3 Å². The number of ether oxygens (including phenoxy) is 1. The summed E-state index contributed by atoms with van der Waals surface area (Å²) < 4.78 is 31.6. The van der Waals surface area contributed by atoms with Crippen molar-refractivity contribution in [3.8, 4) is 0 Å². The number of likely N-dealkylation sites (tertiary alicyclic amines) is 1. The molecule has 1 saturated heterocycles. The highest BCUT2D eigenvalue weighted by Gasteiger charge is 2.27. The SMILES string of the molecule is COC(=O)N1CCC(CC[C@@H](NS(=O)(=O)Cc2ccccc2)C(=O)O)CC1. The minimum absolute atomic E-state index is 0.215. The number of carboxylic acids is 1. The third-order valence-electron chi connectivity index (χ3n) is 4.73. The summed E-state index contributed by atoms with van der Waals surface area (Å²) in [6, 6.07) is 7.47. The molecule has 0 unspecified atom stereocenters. The summed E-state index contributed by atoms with van der Waals surface area (Å²) in [4.78, 5) is 24.6. The van der Waals surface area contributed by atoms with E-state index >= 15 is 0 Å². The molecule has 150 valence electrons. The number of carbonyl (C=O) groups is 2. The van der Waals surface area contributed by atoms with Crippen molar-refractivity contribution in [2.75, 3.05) is 20.2 Å². The highest BCUT2D eigenvalue weighted by molar-refractivity contribution is 7.88. The van der Waals surface area contributed by atoms with Gasteiger partial charge in [0, 0.05) is 13.1 Å². The quantitative estimate of drug-likeness (QED) is 0.691. The predicted octanol–water partition coefficient (Wildman–Crippen LogP) is 1.82. The van der Waals surface area contributed by atoms with Crippen LogP contribution in [0.1, 0.15) is 31.2 Å². The largest absolute Gasteiger partial charge is 0.480 e. The van der Waals surface area contributed by atoms with Crippen LogP contribution in [0.3, 0.4) is 0 Å². The Labute approximate surface area is 159 Å². The highest BCUT2D eigenvalue weighted by atomic mass is 32.2. The van der Waals surface area contributed by atoms with Gasteiger partial charge < -0.3 is 14.7 Å². The summed E-state index contributed by atoms with van der Waals surface area (Å²) in [5.41, 5.74) is 0.601. The van der Waals surface area contributed by atoms with Gasteiger partial charge in [-0.15, -0.1) is 0 Å². The molecule has 0 bridgehead atoms. The summed E-state index contributed by atoms with van der Waals surface area (Å²) >= 11 is 0. The Kier molecular flexibility index (Phi) is 7.61. The van der Waals surface area contributed by atoms with Crippen molar-refractivity contribution in [2.45, 2.75) is 37.5 Å². The molecule has 1 fully saturated rings. The van der Waals surface area contributed by atoms with Gasteiger partial charge in [0.25, 0.3) is 0 Å². The molecule has 0 spiro atoms. The number of piperidine rings is 1. The van der Waals surface area contributed by atoms with E-state index in [1.165, 1.54) is 7.11 Å². The average Bonchev–Trinajstić information content (AvgIpc) is 2.65. The second kappa shape index (κ2) is 9.70. The fourth-order valence-electron chi connectivity index (χ4n) is 3.22. The van der Waals surface area contributed by atoms with Crippen molar-refractivity contribution in [2.24, 2.45) is 5.92 Å². The number of nitrogens with zero attached hydrogens (tertiary/aromatic N) is 1. The fourth-order valence-corrected chi connectivity index (χ4v) is 4.59. The van der Waals surface area contributed by atoms with Crippen LogP contribution in [0.2, 0.25) is 0 Å². The van der Waals surface area contributed by atoms with Crippen LogP contribution in [-0.2, 0) is 25.3 Å².